The highest BCUT2D eigenvalue weighted by Crippen LogP contribution is 2.27. The van der Waals surface area contributed by atoms with Crippen LogP contribution >= 0.6 is 0 Å². The lowest BCUT2D eigenvalue weighted by molar-refractivity contribution is -0.128. The average molecular weight is 343 g/mol. The van der Waals surface area contributed by atoms with Gasteiger partial charge in [-0.2, -0.15) is 15.0 Å². The van der Waals surface area contributed by atoms with Crippen molar-refractivity contribution in [1.82, 2.24) is 20.3 Å². The second kappa shape index (κ2) is 7.33. The molecule has 1 aliphatic rings. The van der Waals surface area contributed by atoms with Crippen LogP contribution in [-0.2, 0) is 17.8 Å². The molecule has 0 radical (unpaired) electrons. The van der Waals surface area contributed by atoms with Crippen molar-refractivity contribution in [3.8, 4) is 11.8 Å². The SMILES string of the molecule is COc1nc(CNC(=O)C2CCc3ccccc3O2)nc(N(C)C)n1. The summed E-state index contributed by atoms with van der Waals surface area (Å²) in [4.78, 5) is 26.8. The van der Waals surface area contributed by atoms with Crippen LogP contribution in [0.2, 0.25) is 0 Å². The maximum Gasteiger partial charge on any atom is 0.321 e. The van der Waals surface area contributed by atoms with Gasteiger partial charge in [0.05, 0.1) is 13.7 Å². The molecule has 1 atom stereocenters. The number of rotatable bonds is 5. The van der Waals surface area contributed by atoms with E-state index in [0.29, 0.717) is 18.2 Å². The van der Waals surface area contributed by atoms with E-state index in [0.717, 1.165) is 17.7 Å². The van der Waals surface area contributed by atoms with Gasteiger partial charge in [0.2, 0.25) is 5.95 Å². The number of hydrogen-bond acceptors (Lipinski definition) is 7. The van der Waals surface area contributed by atoms with Crippen LogP contribution in [0.25, 0.3) is 0 Å². The number of hydrogen-bond donors (Lipinski definition) is 1. The minimum Gasteiger partial charge on any atom is -0.480 e. The number of anilines is 1. The van der Waals surface area contributed by atoms with Crippen LogP contribution in [0.5, 0.6) is 11.8 Å². The van der Waals surface area contributed by atoms with Crippen LogP contribution in [0.4, 0.5) is 5.95 Å². The number of ether oxygens (including phenoxy) is 2. The molecular weight excluding hydrogens is 322 g/mol. The van der Waals surface area contributed by atoms with E-state index >= 15 is 0 Å². The number of fused-ring (bicyclic) bond motifs is 1. The second-order valence-electron chi connectivity index (χ2n) is 5.90. The van der Waals surface area contributed by atoms with Gasteiger partial charge in [-0.25, -0.2) is 0 Å². The van der Waals surface area contributed by atoms with Crippen molar-refractivity contribution in [1.29, 1.82) is 0 Å². The third-order valence-electron chi connectivity index (χ3n) is 3.86. The maximum atomic E-state index is 12.4. The predicted molar refractivity (Wildman–Crippen MR) is 91.7 cm³/mol. The van der Waals surface area contributed by atoms with Gasteiger partial charge in [-0.3, -0.25) is 4.79 Å². The summed E-state index contributed by atoms with van der Waals surface area (Å²) in [5, 5.41) is 2.83. The van der Waals surface area contributed by atoms with Crippen molar-refractivity contribution in [2.45, 2.75) is 25.5 Å². The highest BCUT2D eigenvalue weighted by molar-refractivity contribution is 5.81. The fraction of sp³-hybridized carbons (Fsp3) is 0.412. The molecule has 1 unspecified atom stereocenters. The number of para-hydroxylation sites is 1. The Balaban J connectivity index is 1.64. The first-order chi connectivity index (χ1) is 12.1. The van der Waals surface area contributed by atoms with Crippen molar-refractivity contribution in [3.05, 3.63) is 35.7 Å². The van der Waals surface area contributed by atoms with Gasteiger partial charge >= 0.3 is 6.01 Å². The van der Waals surface area contributed by atoms with Crippen LogP contribution < -0.4 is 19.7 Å². The molecule has 1 amide bonds. The van der Waals surface area contributed by atoms with E-state index in [2.05, 4.69) is 20.3 Å². The molecule has 8 nitrogen and oxygen atoms in total. The van der Waals surface area contributed by atoms with E-state index in [9.17, 15) is 4.79 Å². The molecular formula is C17H21N5O3. The molecule has 0 saturated heterocycles. The number of aromatic nitrogens is 3. The lowest BCUT2D eigenvalue weighted by Gasteiger charge is -2.25. The molecule has 0 aliphatic carbocycles. The standard InChI is InChI=1S/C17H21N5O3/c1-22(2)16-19-14(20-17(21-16)24-3)10-18-15(23)13-9-8-11-6-4-5-7-12(11)25-13/h4-7,13H,8-10H2,1-3H3,(H,18,23). The summed E-state index contributed by atoms with van der Waals surface area (Å²) < 4.78 is 10.9. The first-order valence-corrected chi connectivity index (χ1v) is 8.05. The van der Waals surface area contributed by atoms with Crippen LogP contribution in [0.1, 0.15) is 17.8 Å². The average Bonchev–Trinajstić information content (AvgIpc) is 2.65. The third kappa shape index (κ3) is 3.96. The molecule has 0 fully saturated rings. The Morgan fingerprint density at radius 2 is 2.12 bits per heavy atom. The van der Waals surface area contributed by atoms with Crippen LogP contribution in [-0.4, -0.2) is 48.2 Å². The second-order valence-corrected chi connectivity index (χ2v) is 5.90. The van der Waals surface area contributed by atoms with Crippen molar-refractivity contribution in [2.75, 3.05) is 26.1 Å². The lowest BCUT2D eigenvalue weighted by Crippen LogP contribution is -2.40. The van der Waals surface area contributed by atoms with Gasteiger partial charge in [-0.15, -0.1) is 0 Å². The van der Waals surface area contributed by atoms with Crippen molar-refractivity contribution in [3.63, 3.8) is 0 Å². The fourth-order valence-electron chi connectivity index (χ4n) is 2.55. The summed E-state index contributed by atoms with van der Waals surface area (Å²) in [7, 11) is 5.14. The zero-order valence-electron chi connectivity index (χ0n) is 14.5. The van der Waals surface area contributed by atoms with E-state index in [1.807, 2.05) is 38.4 Å². The number of amides is 1. The van der Waals surface area contributed by atoms with E-state index in [1.165, 1.54) is 7.11 Å². The number of benzene rings is 1. The first kappa shape index (κ1) is 16.9. The van der Waals surface area contributed by atoms with Crippen LogP contribution in [0.3, 0.4) is 0 Å². The molecule has 1 aliphatic heterocycles. The summed E-state index contributed by atoms with van der Waals surface area (Å²) in [6, 6.07) is 7.99. The van der Waals surface area contributed by atoms with Crippen LogP contribution in [0, 0.1) is 0 Å². The fourth-order valence-corrected chi connectivity index (χ4v) is 2.55. The molecule has 0 spiro atoms. The van der Waals surface area contributed by atoms with Gasteiger partial charge in [0.25, 0.3) is 5.91 Å². The highest BCUT2D eigenvalue weighted by Gasteiger charge is 2.25. The molecule has 0 saturated carbocycles. The van der Waals surface area contributed by atoms with Gasteiger partial charge < -0.3 is 19.7 Å². The molecule has 1 aromatic carbocycles. The van der Waals surface area contributed by atoms with E-state index in [4.69, 9.17) is 9.47 Å². The van der Waals surface area contributed by atoms with Gasteiger partial charge in [-0.1, -0.05) is 18.2 Å². The summed E-state index contributed by atoms with van der Waals surface area (Å²) in [5.74, 6) is 1.49. The Hall–Kier alpha value is -2.90. The first-order valence-electron chi connectivity index (χ1n) is 8.05. The van der Waals surface area contributed by atoms with E-state index in [-0.39, 0.29) is 18.5 Å². The molecule has 2 aromatic rings. The Kier molecular flexibility index (Phi) is 4.97. The number of carbonyl (C=O) groups excluding carboxylic acids is 1. The monoisotopic (exact) mass is 343 g/mol. The molecule has 2 heterocycles. The number of carbonyl (C=O) groups is 1. The van der Waals surface area contributed by atoms with Gasteiger partial charge in [0.15, 0.2) is 11.9 Å². The Morgan fingerprint density at radius 1 is 1.32 bits per heavy atom. The minimum atomic E-state index is -0.507. The Morgan fingerprint density at radius 3 is 2.88 bits per heavy atom. The number of nitrogens with one attached hydrogen (secondary N) is 1. The van der Waals surface area contributed by atoms with Crippen molar-refractivity contribution >= 4 is 11.9 Å². The van der Waals surface area contributed by atoms with Gasteiger partial charge in [0.1, 0.15) is 5.75 Å². The number of nitrogens with zero attached hydrogens (tertiary/aromatic N) is 4. The number of methoxy groups -OCH3 is 1. The smallest absolute Gasteiger partial charge is 0.321 e. The van der Waals surface area contributed by atoms with E-state index < -0.39 is 6.10 Å². The molecule has 1 aromatic heterocycles. The topological polar surface area (TPSA) is 89.5 Å². The summed E-state index contributed by atoms with van der Waals surface area (Å²) in [6.45, 7) is 0.181. The summed E-state index contributed by atoms with van der Waals surface area (Å²) in [5.41, 5.74) is 1.13. The van der Waals surface area contributed by atoms with Crippen molar-refractivity contribution in [2.24, 2.45) is 0 Å². The minimum absolute atomic E-state index is 0.180. The number of aryl methyl sites for hydroxylation is 1. The zero-order chi connectivity index (χ0) is 17.8. The predicted octanol–water partition coefficient (Wildman–Crippen LogP) is 0.956. The van der Waals surface area contributed by atoms with Crippen molar-refractivity contribution < 1.29 is 14.3 Å². The van der Waals surface area contributed by atoms with Gasteiger partial charge in [-0.05, 0) is 24.5 Å². The molecule has 1 N–H and O–H groups in total. The largest absolute Gasteiger partial charge is 0.480 e. The summed E-state index contributed by atoms with van der Waals surface area (Å²) in [6.07, 6.45) is 0.956. The lowest BCUT2D eigenvalue weighted by atomic mass is 10.0. The summed E-state index contributed by atoms with van der Waals surface area (Å²) >= 11 is 0. The van der Waals surface area contributed by atoms with Gasteiger partial charge in [0, 0.05) is 14.1 Å². The highest BCUT2D eigenvalue weighted by atomic mass is 16.5. The normalized spacial score (nSPS) is 15.7. The Bertz CT molecular complexity index is 766. The Labute approximate surface area is 146 Å². The molecule has 3 rings (SSSR count). The maximum absolute atomic E-state index is 12.4. The molecule has 25 heavy (non-hydrogen) atoms. The molecule has 132 valence electrons. The molecule has 0 bridgehead atoms. The quantitative estimate of drug-likeness (QED) is 0.865. The van der Waals surface area contributed by atoms with Crippen LogP contribution in [0.15, 0.2) is 24.3 Å². The van der Waals surface area contributed by atoms with E-state index in [1.54, 1.807) is 4.90 Å². The molecule has 8 heteroatoms. The zero-order valence-corrected chi connectivity index (χ0v) is 14.5. The third-order valence-corrected chi connectivity index (χ3v) is 3.86.